The van der Waals surface area contributed by atoms with E-state index in [9.17, 15) is 0 Å². The molecular weight excluding hydrogens is 304 g/mol. The highest BCUT2D eigenvalue weighted by Crippen LogP contribution is 2.32. The second-order valence-electron chi connectivity index (χ2n) is 6.53. The molecule has 0 spiro atoms. The average Bonchev–Trinajstić information content (AvgIpc) is 3.09. The van der Waals surface area contributed by atoms with Gasteiger partial charge in [-0.3, -0.25) is 0 Å². The number of benzene rings is 1. The molecule has 1 atom stereocenters. The van der Waals surface area contributed by atoms with E-state index in [2.05, 4.69) is 48.1 Å². The van der Waals surface area contributed by atoms with Gasteiger partial charge in [-0.1, -0.05) is 11.3 Å². The number of aryl methyl sites for hydroxylation is 2. The van der Waals surface area contributed by atoms with E-state index in [1.807, 2.05) is 11.6 Å². The monoisotopic (exact) mass is 326 g/mol. The van der Waals surface area contributed by atoms with Crippen LogP contribution in [0.1, 0.15) is 37.6 Å². The summed E-state index contributed by atoms with van der Waals surface area (Å²) in [4.78, 5) is 7.30. The number of hydrogen-bond donors (Lipinski definition) is 0. The number of fused-ring (bicyclic) bond motifs is 1. The third-order valence-electron chi connectivity index (χ3n) is 4.69. The van der Waals surface area contributed by atoms with Crippen molar-refractivity contribution in [1.29, 1.82) is 0 Å². The van der Waals surface area contributed by atoms with Gasteiger partial charge >= 0.3 is 0 Å². The standard InChI is InChI=1S/C18H22N4S/c1-12-10-14(3)22(20-12)18-19-16-8-7-15(11-17(16)23-18)21-9-5-4-6-13(21)2/h7-8,10-11,13H,4-6,9H2,1-3H3. The molecule has 4 rings (SSSR count). The lowest BCUT2D eigenvalue weighted by molar-refractivity contribution is 0.485. The highest BCUT2D eigenvalue weighted by Gasteiger charge is 2.19. The van der Waals surface area contributed by atoms with Crippen molar-refractivity contribution >= 4 is 27.2 Å². The van der Waals surface area contributed by atoms with Gasteiger partial charge in [-0.2, -0.15) is 5.10 Å². The Morgan fingerprint density at radius 3 is 2.78 bits per heavy atom. The van der Waals surface area contributed by atoms with Crippen molar-refractivity contribution in [2.45, 2.75) is 46.1 Å². The largest absolute Gasteiger partial charge is 0.369 e. The third-order valence-corrected chi connectivity index (χ3v) is 5.68. The molecule has 1 aliphatic heterocycles. The van der Waals surface area contributed by atoms with Crippen LogP contribution in [0, 0.1) is 13.8 Å². The normalized spacial score (nSPS) is 18.7. The lowest BCUT2D eigenvalue weighted by Gasteiger charge is -2.35. The van der Waals surface area contributed by atoms with Crippen LogP contribution in [0.5, 0.6) is 0 Å². The summed E-state index contributed by atoms with van der Waals surface area (Å²) in [5.74, 6) is 0. The number of nitrogens with zero attached hydrogens (tertiary/aromatic N) is 4. The van der Waals surface area contributed by atoms with Gasteiger partial charge in [-0.05, 0) is 64.3 Å². The second-order valence-corrected chi connectivity index (χ2v) is 7.53. The number of aromatic nitrogens is 3. The zero-order chi connectivity index (χ0) is 16.0. The molecule has 1 aromatic carbocycles. The van der Waals surface area contributed by atoms with Gasteiger partial charge in [0.05, 0.1) is 15.9 Å². The van der Waals surface area contributed by atoms with Crippen molar-refractivity contribution in [3.63, 3.8) is 0 Å². The zero-order valence-electron chi connectivity index (χ0n) is 13.9. The lowest BCUT2D eigenvalue weighted by Crippen LogP contribution is -2.37. The van der Waals surface area contributed by atoms with E-state index in [0.29, 0.717) is 6.04 Å². The highest BCUT2D eigenvalue weighted by atomic mass is 32.1. The average molecular weight is 326 g/mol. The molecule has 3 aromatic rings. The third kappa shape index (κ3) is 2.63. The SMILES string of the molecule is Cc1cc(C)n(-c2nc3ccc(N4CCCCC4C)cc3s2)n1. The summed E-state index contributed by atoms with van der Waals surface area (Å²) in [5, 5.41) is 5.51. The van der Waals surface area contributed by atoms with Crippen LogP contribution < -0.4 is 4.90 Å². The molecule has 0 amide bonds. The quantitative estimate of drug-likeness (QED) is 0.696. The van der Waals surface area contributed by atoms with Crippen LogP contribution in [0.3, 0.4) is 0 Å². The van der Waals surface area contributed by atoms with Crippen LogP contribution in [0.4, 0.5) is 5.69 Å². The summed E-state index contributed by atoms with van der Waals surface area (Å²) in [6.07, 6.45) is 3.93. The Morgan fingerprint density at radius 1 is 1.17 bits per heavy atom. The van der Waals surface area contributed by atoms with Gasteiger partial charge < -0.3 is 4.90 Å². The predicted octanol–water partition coefficient (Wildman–Crippen LogP) is 4.48. The molecule has 0 aliphatic carbocycles. The maximum atomic E-state index is 4.76. The Morgan fingerprint density at radius 2 is 2.04 bits per heavy atom. The summed E-state index contributed by atoms with van der Waals surface area (Å²) >= 11 is 1.72. The van der Waals surface area contributed by atoms with Crippen LogP contribution in [-0.2, 0) is 0 Å². The fraction of sp³-hybridized carbons (Fsp3) is 0.444. The van der Waals surface area contributed by atoms with E-state index in [4.69, 9.17) is 4.98 Å². The first kappa shape index (κ1) is 14.7. The molecular formula is C18H22N4S. The van der Waals surface area contributed by atoms with Crippen LogP contribution >= 0.6 is 11.3 Å². The molecule has 1 fully saturated rings. The minimum absolute atomic E-state index is 0.629. The fourth-order valence-corrected chi connectivity index (χ4v) is 4.48. The zero-order valence-corrected chi connectivity index (χ0v) is 14.7. The van der Waals surface area contributed by atoms with Crippen molar-refractivity contribution in [2.24, 2.45) is 0 Å². The first-order valence-corrected chi connectivity index (χ1v) is 9.14. The molecule has 0 N–H and O–H groups in total. The Kier molecular flexibility index (Phi) is 3.60. The van der Waals surface area contributed by atoms with Crippen molar-refractivity contribution < 1.29 is 0 Å². The molecule has 5 heteroatoms. The molecule has 0 saturated carbocycles. The maximum Gasteiger partial charge on any atom is 0.211 e. The number of piperidine rings is 1. The van der Waals surface area contributed by atoms with Gasteiger partial charge in [0.2, 0.25) is 5.13 Å². The Bertz CT molecular complexity index is 848. The summed E-state index contributed by atoms with van der Waals surface area (Å²) in [6, 6.07) is 9.38. The number of rotatable bonds is 2. The van der Waals surface area contributed by atoms with E-state index in [1.54, 1.807) is 11.3 Å². The van der Waals surface area contributed by atoms with Crippen LogP contribution in [0.15, 0.2) is 24.3 Å². The first-order chi connectivity index (χ1) is 11.1. The van der Waals surface area contributed by atoms with Gasteiger partial charge in [0.25, 0.3) is 0 Å². The predicted molar refractivity (Wildman–Crippen MR) is 96.9 cm³/mol. The molecule has 0 bridgehead atoms. The second kappa shape index (κ2) is 5.64. The van der Waals surface area contributed by atoms with Gasteiger partial charge in [0.15, 0.2) is 0 Å². The molecule has 23 heavy (non-hydrogen) atoms. The molecule has 1 saturated heterocycles. The molecule has 1 unspecified atom stereocenters. The summed E-state index contributed by atoms with van der Waals surface area (Å²) in [6.45, 7) is 7.59. The Balaban J connectivity index is 1.73. The maximum absolute atomic E-state index is 4.76. The van der Waals surface area contributed by atoms with E-state index < -0.39 is 0 Å². The molecule has 4 nitrogen and oxygen atoms in total. The number of thiazole rings is 1. The van der Waals surface area contributed by atoms with E-state index in [0.717, 1.165) is 28.6 Å². The van der Waals surface area contributed by atoms with Gasteiger partial charge in [-0.15, -0.1) is 0 Å². The van der Waals surface area contributed by atoms with Gasteiger partial charge in [-0.25, -0.2) is 9.67 Å². The minimum Gasteiger partial charge on any atom is -0.369 e. The topological polar surface area (TPSA) is 34.0 Å². The van der Waals surface area contributed by atoms with Gasteiger partial charge in [0.1, 0.15) is 0 Å². The molecule has 3 heterocycles. The molecule has 120 valence electrons. The molecule has 1 aliphatic rings. The number of anilines is 1. The molecule has 0 radical (unpaired) electrons. The smallest absolute Gasteiger partial charge is 0.211 e. The van der Waals surface area contributed by atoms with Crippen molar-refractivity contribution in [3.8, 4) is 5.13 Å². The van der Waals surface area contributed by atoms with E-state index in [1.165, 1.54) is 29.6 Å². The Hall–Kier alpha value is -1.88. The van der Waals surface area contributed by atoms with Gasteiger partial charge in [0, 0.05) is 24.0 Å². The van der Waals surface area contributed by atoms with Crippen LogP contribution in [-0.4, -0.2) is 27.4 Å². The summed E-state index contributed by atoms with van der Waals surface area (Å²) in [5.41, 5.74) is 4.55. The van der Waals surface area contributed by atoms with Crippen molar-refractivity contribution in [1.82, 2.24) is 14.8 Å². The van der Waals surface area contributed by atoms with Crippen LogP contribution in [0.25, 0.3) is 15.3 Å². The lowest BCUT2D eigenvalue weighted by atomic mass is 10.0. The van der Waals surface area contributed by atoms with Crippen LogP contribution in [0.2, 0.25) is 0 Å². The fourth-order valence-electron chi connectivity index (χ4n) is 3.47. The molecule has 2 aromatic heterocycles. The van der Waals surface area contributed by atoms with Crippen molar-refractivity contribution in [3.05, 3.63) is 35.7 Å². The summed E-state index contributed by atoms with van der Waals surface area (Å²) in [7, 11) is 0. The minimum atomic E-state index is 0.629. The Labute approximate surface area is 140 Å². The first-order valence-electron chi connectivity index (χ1n) is 8.33. The number of hydrogen-bond acceptors (Lipinski definition) is 4. The summed E-state index contributed by atoms with van der Waals surface area (Å²) < 4.78 is 3.19. The van der Waals surface area contributed by atoms with E-state index in [-0.39, 0.29) is 0 Å². The van der Waals surface area contributed by atoms with Crippen molar-refractivity contribution in [2.75, 3.05) is 11.4 Å². The van der Waals surface area contributed by atoms with E-state index >= 15 is 0 Å². The highest BCUT2D eigenvalue weighted by molar-refractivity contribution is 7.20.